The van der Waals surface area contributed by atoms with Crippen molar-refractivity contribution in [3.05, 3.63) is 64.8 Å². The van der Waals surface area contributed by atoms with Gasteiger partial charge in [0.05, 0.1) is 16.3 Å². The molecule has 2 amide bonds. The second-order valence-electron chi connectivity index (χ2n) is 4.92. The lowest BCUT2D eigenvalue weighted by atomic mass is 10.1. The van der Waals surface area contributed by atoms with Crippen LogP contribution in [-0.2, 0) is 4.79 Å². The molecule has 8 heteroatoms. The molecule has 0 aliphatic heterocycles. The van der Waals surface area contributed by atoms with Gasteiger partial charge < -0.3 is 22.1 Å². The van der Waals surface area contributed by atoms with Gasteiger partial charge in [-0.3, -0.25) is 9.59 Å². The highest BCUT2D eigenvalue weighted by molar-refractivity contribution is 6.33. The van der Waals surface area contributed by atoms with Crippen molar-refractivity contribution in [2.75, 3.05) is 16.8 Å². The maximum absolute atomic E-state index is 12.1. The minimum Gasteiger partial charge on any atom is -0.398 e. The van der Waals surface area contributed by atoms with Gasteiger partial charge in [0.2, 0.25) is 0 Å². The number of hydrogen-bond acceptors (Lipinski definition) is 5. The van der Waals surface area contributed by atoms with Crippen LogP contribution in [0.4, 0.5) is 17.1 Å². The van der Waals surface area contributed by atoms with Crippen LogP contribution in [0.15, 0.2) is 54.2 Å². The van der Waals surface area contributed by atoms with Crippen molar-refractivity contribution in [1.29, 1.82) is 5.26 Å². The Labute approximate surface area is 148 Å². The van der Waals surface area contributed by atoms with Gasteiger partial charge in [-0.05, 0) is 30.3 Å². The molecule has 2 rings (SSSR count). The normalized spacial score (nSPS) is 10.6. The molecule has 2 aromatic carbocycles. The van der Waals surface area contributed by atoms with E-state index in [1.165, 1.54) is 24.3 Å². The quantitative estimate of drug-likeness (QED) is 0.379. The first-order valence-corrected chi connectivity index (χ1v) is 7.42. The van der Waals surface area contributed by atoms with Crippen LogP contribution in [0.5, 0.6) is 0 Å². The van der Waals surface area contributed by atoms with Crippen molar-refractivity contribution in [3.8, 4) is 6.07 Å². The number of para-hydroxylation sites is 1. The van der Waals surface area contributed by atoms with E-state index in [-0.39, 0.29) is 21.8 Å². The number of nitrogens with zero attached hydrogens (tertiary/aromatic N) is 1. The van der Waals surface area contributed by atoms with Crippen LogP contribution >= 0.6 is 11.6 Å². The van der Waals surface area contributed by atoms with Crippen molar-refractivity contribution >= 4 is 40.5 Å². The van der Waals surface area contributed by atoms with Crippen molar-refractivity contribution in [2.45, 2.75) is 0 Å². The zero-order valence-corrected chi connectivity index (χ0v) is 13.7. The summed E-state index contributed by atoms with van der Waals surface area (Å²) in [5.74, 6) is -1.24. The largest absolute Gasteiger partial charge is 0.398 e. The second kappa shape index (κ2) is 7.86. The molecule has 0 saturated heterocycles. The zero-order chi connectivity index (χ0) is 18.4. The third-order valence-corrected chi connectivity index (χ3v) is 3.50. The average molecular weight is 356 g/mol. The molecule has 0 aromatic heterocycles. The highest BCUT2D eigenvalue weighted by Gasteiger charge is 2.12. The molecule has 0 unspecified atom stereocenters. The molecule has 0 aliphatic rings. The minimum atomic E-state index is -0.704. The van der Waals surface area contributed by atoms with E-state index in [4.69, 9.17) is 28.3 Å². The highest BCUT2D eigenvalue weighted by Crippen LogP contribution is 2.22. The molecule has 2 aromatic rings. The number of nitrogens with two attached hydrogens (primary N) is 2. The molecule has 0 spiro atoms. The highest BCUT2D eigenvalue weighted by atomic mass is 35.5. The summed E-state index contributed by atoms with van der Waals surface area (Å²) in [5, 5.41) is 14.2. The minimum absolute atomic E-state index is 0.238. The van der Waals surface area contributed by atoms with Crippen molar-refractivity contribution in [2.24, 2.45) is 0 Å². The first kappa shape index (κ1) is 17.8. The van der Waals surface area contributed by atoms with E-state index in [0.29, 0.717) is 11.4 Å². The SMILES string of the molecule is N#C/C(=C/NC(=O)c1ccccc1N)C(=O)Nc1ccc(N)c(Cl)c1. The number of rotatable bonds is 4. The van der Waals surface area contributed by atoms with E-state index in [1.807, 2.05) is 0 Å². The van der Waals surface area contributed by atoms with E-state index >= 15 is 0 Å². The van der Waals surface area contributed by atoms with E-state index in [0.717, 1.165) is 6.20 Å². The number of nitrogens with one attached hydrogen (secondary N) is 2. The molecule has 0 bridgehead atoms. The summed E-state index contributed by atoms with van der Waals surface area (Å²) < 4.78 is 0. The van der Waals surface area contributed by atoms with Crippen LogP contribution in [0.1, 0.15) is 10.4 Å². The Bertz CT molecular complexity index is 902. The maximum Gasteiger partial charge on any atom is 0.267 e. The summed E-state index contributed by atoms with van der Waals surface area (Å²) >= 11 is 5.87. The van der Waals surface area contributed by atoms with Crippen LogP contribution in [-0.4, -0.2) is 11.8 Å². The number of carbonyl (C=O) groups excluding carboxylic acids is 2. The van der Waals surface area contributed by atoms with Gasteiger partial charge in [-0.25, -0.2) is 0 Å². The lowest BCUT2D eigenvalue weighted by Crippen LogP contribution is -2.22. The fourth-order valence-corrected chi connectivity index (χ4v) is 2.05. The molecule has 0 aliphatic carbocycles. The summed E-state index contributed by atoms with van der Waals surface area (Å²) in [5.41, 5.74) is 12.2. The fourth-order valence-electron chi connectivity index (χ4n) is 1.87. The Hall–Kier alpha value is -3.50. The van der Waals surface area contributed by atoms with Gasteiger partial charge in [0.15, 0.2) is 0 Å². The van der Waals surface area contributed by atoms with E-state index in [1.54, 1.807) is 24.3 Å². The zero-order valence-electron chi connectivity index (χ0n) is 12.9. The second-order valence-corrected chi connectivity index (χ2v) is 5.33. The van der Waals surface area contributed by atoms with Crippen LogP contribution < -0.4 is 22.1 Å². The Morgan fingerprint density at radius 2 is 1.84 bits per heavy atom. The topological polar surface area (TPSA) is 134 Å². The van der Waals surface area contributed by atoms with Crippen molar-refractivity contribution in [3.63, 3.8) is 0 Å². The third-order valence-electron chi connectivity index (χ3n) is 3.18. The van der Waals surface area contributed by atoms with Crippen molar-refractivity contribution < 1.29 is 9.59 Å². The fraction of sp³-hybridized carbons (Fsp3) is 0. The number of benzene rings is 2. The van der Waals surface area contributed by atoms with E-state index in [9.17, 15) is 9.59 Å². The predicted molar refractivity (Wildman–Crippen MR) is 96.5 cm³/mol. The van der Waals surface area contributed by atoms with E-state index in [2.05, 4.69) is 10.6 Å². The first-order chi connectivity index (χ1) is 11.9. The molecule has 0 fully saturated rings. The number of anilines is 3. The number of carbonyl (C=O) groups is 2. The van der Waals surface area contributed by atoms with Gasteiger partial charge in [-0.15, -0.1) is 0 Å². The number of nitrogen functional groups attached to an aromatic ring is 2. The van der Waals surface area contributed by atoms with Gasteiger partial charge in [-0.2, -0.15) is 5.26 Å². The number of halogens is 1. The number of amides is 2. The molecule has 0 saturated carbocycles. The molecule has 0 heterocycles. The standard InChI is InChI=1S/C17H14ClN5O2/c18-13-7-11(5-6-15(13)21)23-16(24)10(8-19)9-22-17(25)12-3-1-2-4-14(12)20/h1-7,9H,20-21H2,(H,22,25)(H,23,24)/b10-9-. The number of hydrogen-bond donors (Lipinski definition) is 4. The lowest BCUT2D eigenvalue weighted by molar-refractivity contribution is -0.112. The predicted octanol–water partition coefficient (Wildman–Crippen LogP) is 2.28. The Morgan fingerprint density at radius 1 is 1.12 bits per heavy atom. The average Bonchev–Trinajstić information content (AvgIpc) is 2.59. The Kier molecular flexibility index (Phi) is 5.61. The van der Waals surface area contributed by atoms with Gasteiger partial charge in [0.25, 0.3) is 11.8 Å². The van der Waals surface area contributed by atoms with Crippen molar-refractivity contribution in [1.82, 2.24) is 5.32 Å². The summed E-state index contributed by atoms with van der Waals surface area (Å²) in [6, 6.07) is 12.7. The lowest BCUT2D eigenvalue weighted by Gasteiger charge is -2.07. The molecular formula is C17H14ClN5O2. The Balaban J connectivity index is 2.10. The molecule has 126 valence electrons. The van der Waals surface area contributed by atoms with Crippen LogP contribution in [0.25, 0.3) is 0 Å². The number of nitriles is 1. The van der Waals surface area contributed by atoms with Crippen LogP contribution in [0, 0.1) is 11.3 Å². The van der Waals surface area contributed by atoms with Gasteiger partial charge in [0.1, 0.15) is 11.6 Å². The van der Waals surface area contributed by atoms with Crippen LogP contribution in [0.2, 0.25) is 5.02 Å². The monoisotopic (exact) mass is 355 g/mol. The maximum atomic E-state index is 12.1. The van der Waals surface area contributed by atoms with Gasteiger partial charge in [0, 0.05) is 17.6 Å². The van der Waals surface area contributed by atoms with Gasteiger partial charge >= 0.3 is 0 Å². The van der Waals surface area contributed by atoms with E-state index < -0.39 is 11.8 Å². The molecule has 7 nitrogen and oxygen atoms in total. The van der Waals surface area contributed by atoms with Crippen LogP contribution in [0.3, 0.4) is 0 Å². The van der Waals surface area contributed by atoms with Gasteiger partial charge in [-0.1, -0.05) is 23.7 Å². The third kappa shape index (κ3) is 4.50. The summed E-state index contributed by atoms with van der Waals surface area (Å²) in [6.07, 6.45) is 1.02. The molecular weight excluding hydrogens is 342 g/mol. The molecule has 0 radical (unpaired) electrons. The Morgan fingerprint density at radius 3 is 2.48 bits per heavy atom. The summed E-state index contributed by atoms with van der Waals surface area (Å²) in [4.78, 5) is 24.1. The summed E-state index contributed by atoms with van der Waals surface area (Å²) in [7, 11) is 0. The summed E-state index contributed by atoms with van der Waals surface area (Å²) in [6.45, 7) is 0. The molecule has 0 atom stereocenters. The molecule has 6 N–H and O–H groups in total. The smallest absolute Gasteiger partial charge is 0.267 e. The first-order valence-electron chi connectivity index (χ1n) is 7.04. The molecule has 25 heavy (non-hydrogen) atoms.